The molecule has 2 heteroatoms. The first kappa shape index (κ1) is 12.7. The molecule has 0 aromatic heterocycles. The van der Waals surface area contributed by atoms with Crippen molar-refractivity contribution in [2.45, 2.75) is 53.5 Å². The lowest BCUT2D eigenvalue weighted by atomic mass is 9.90. The van der Waals surface area contributed by atoms with Crippen LogP contribution in [0.4, 0.5) is 0 Å². The molecule has 0 saturated carbocycles. The van der Waals surface area contributed by atoms with Gasteiger partial charge in [-0.1, -0.05) is 34.6 Å². The Labute approximate surface area is 94.0 Å². The van der Waals surface area contributed by atoms with Gasteiger partial charge in [0.05, 0.1) is 6.54 Å². The summed E-state index contributed by atoms with van der Waals surface area (Å²) in [6.07, 6.45) is 2.51. The van der Waals surface area contributed by atoms with Crippen molar-refractivity contribution in [3.05, 3.63) is 0 Å². The number of carbonyl (C=O) groups excluding carboxylic acids is 1. The van der Waals surface area contributed by atoms with Gasteiger partial charge in [0.1, 0.15) is 0 Å². The van der Waals surface area contributed by atoms with E-state index in [1.807, 2.05) is 20.8 Å². The lowest BCUT2D eigenvalue weighted by Crippen LogP contribution is -2.40. The molecule has 0 N–H and O–H groups in total. The van der Waals surface area contributed by atoms with E-state index in [0.29, 0.717) is 24.3 Å². The Morgan fingerprint density at radius 1 is 1.40 bits per heavy atom. The monoisotopic (exact) mass is 211 g/mol. The summed E-state index contributed by atoms with van der Waals surface area (Å²) in [5.74, 6) is 1.04. The minimum absolute atomic E-state index is 0.190. The molecule has 1 aliphatic heterocycles. The summed E-state index contributed by atoms with van der Waals surface area (Å²) in [7, 11) is 0. The van der Waals surface area contributed by atoms with Crippen LogP contribution in [0.2, 0.25) is 0 Å². The summed E-state index contributed by atoms with van der Waals surface area (Å²) in [6.45, 7) is 12.3. The smallest absolute Gasteiger partial charge is 0.152 e. The van der Waals surface area contributed by atoms with Crippen LogP contribution in [-0.2, 0) is 4.79 Å². The van der Waals surface area contributed by atoms with Crippen LogP contribution in [0.3, 0.4) is 0 Å². The molecule has 0 bridgehead atoms. The third-order valence-electron chi connectivity index (χ3n) is 3.37. The second-order valence-corrected chi connectivity index (χ2v) is 6.10. The minimum atomic E-state index is -0.190. The quantitative estimate of drug-likeness (QED) is 0.715. The third kappa shape index (κ3) is 3.30. The van der Waals surface area contributed by atoms with Gasteiger partial charge in [-0.3, -0.25) is 9.69 Å². The molecule has 1 rings (SSSR count). The molecular formula is C13H25NO. The molecule has 2 nitrogen and oxygen atoms in total. The van der Waals surface area contributed by atoms with Crippen molar-refractivity contribution in [3.8, 4) is 0 Å². The summed E-state index contributed by atoms with van der Waals surface area (Å²) in [5.41, 5.74) is -0.190. The Kier molecular flexibility index (Phi) is 3.93. The van der Waals surface area contributed by atoms with Gasteiger partial charge in [-0.2, -0.15) is 0 Å². The highest BCUT2D eigenvalue weighted by molar-refractivity contribution is 5.85. The highest BCUT2D eigenvalue weighted by Gasteiger charge is 2.31. The van der Waals surface area contributed by atoms with E-state index in [1.165, 1.54) is 12.8 Å². The van der Waals surface area contributed by atoms with Gasteiger partial charge >= 0.3 is 0 Å². The van der Waals surface area contributed by atoms with Crippen molar-refractivity contribution >= 4 is 5.78 Å². The fourth-order valence-corrected chi connectivity index (χ4v) is 2.22. The summed E-state index contributed by atoms with van der Waals surface area (Å²) in [5, 5.41) is 0. The maximum Gasteiger partial charge on any atom is 0.152 e. The summed E-state index contributed by atoms with van der Waals surface area (Å²) < 4.78 is 0. The first-order valence-electron chi connectivity index (χ1n) is 6.09. The number of hydrogen-bond acceptors (Lipinski definition) is 2. The van der Waals surface area contributed by atoms with Crippen LogP contribution in [0, 0.1) is 11.3 Å². The Morgan fingerprint density at radius 2 is 2.00 bits per heavy atom. The molecule has 0 aliphatic carbocycles. The molecule has 1 atom stereocenters. The van der Waals surface area contributed by atoms with E-state index >= 15 is 0 Å². The van der Waals surface area contributed by atoms with Crippen molar-refractivity contribution < 1.29 is 4.79 Å². The normalized spacial score (nSPS) is 23.7. The predicted molar refractivity (Wildman–Crippen MR) is 63.9 cm³/mol. The molecule has 0 aromatic rings. The SMILES string of the molecule is CC(C)C1CCCN1CC(=O)C(C)(C)C. The molecular weight excluding hydrogens is 186 g/mol. The van der Waals surface area contributed by atoms with E-state index in [2.05, 4.69) is 18.7 Å². The maximum absolute atomic E-state index is 11.9. The Morgan fingerprint density at radius 3 is 2.47 bits per heavy atom. The van der Waals surface area contributed by atoms with Crippen LogP contribution in [0.15, 0.2) is 0 Å². The van der Waals surface area contributed by atoms with Gasteiger partial charge in [0.2, 0.25) is 0 Å². The number of nitrogens with zero attached hydrogens (tertiary/aromatic N) is 1. The van der Waals surface area contributed by atoms with Gasteiger partial charge in [-0.15, -0.1) is 0 Å². The number of ketones is 1. The van der Waals surface area contributed by atoms with E-state index < -0.39 is 0 Å². The van der Waals surface area contributed by atoms with Crippen molar-refractivity contribution in [1.82, 2.24) is 4.90 Å². The molecule has 1 heterocycles. The number of likely N-dealkylation sites (tertiary alicyclic amines) is 1. The number of Topliss-reactive ketones (excluding diaryl/α,β-unsaturated/α-hetero) is 1. The first-order valence-corrected chi connectivity index (χ1v) is 6.09. The Balaban J connectivity index is 2.55. The maximum atomic E-state index is 11.9. The van der Waals surface area contributed by atoms with Gasteiger partial charge in [0, 0.05) is 11.5 Å². The molecule has 15 heavy (non-hydrogen) atoms. The average Bonchev–Trinajstić information content (AvgIpc) is 2.50. The number of hydrogen-bond donors (Lipinski definition) is 0. The largest absolute Gasteiger partial charge is 0.298 e. The van der Waals surface area contributed by atoms with E-state index in [1.54, 1.807) is 0 Å². The summed E-state index contributed by atoms with van der Waals surface area (Å²) >= 11 is 0. The summed E-state index contributed by atoms with van der Waals surface area (Å²) in [6, 6.07) is 0.622. The van der Waals surface area contributed by atoms with Crippen molar-refractivity contribution in [2.75, 3.05) is 13.1 Å². The van der Waals surface area contributed by atoms with E-state index in [4.69, 9.17) is 0 Å². The summed E-state index contributed by atoms with van der Waals surface area (Å²) in [4.78, 5) is 14.3. The lowest BCUT2D eigenvalue weighted by Gasteiger charge is -2.29. The molecule has 1 fully saturated rings. The van der Waals surface area contributed by atoms with Gasteiger partial charge in [0.25, 0.3) is 0 Å². The molecule has 1 unspecified atom stereocenters. The fourth-order valence-electron chi connectivity index (χ4n) is 2.22. The highest BCUT2D eigenvalue weighted by atomic mass is 16.1. The van der Waals surface area contributed by atoms with Crippen LogP contribution in [0.5, 0.6) is 0 Å². The van der Waals surface area contributed by atoms with Gasteiger partial charge in [0.15, 0.2) is 5.78 Å². The molecule has 0 aromatic carbocycles. The minimum Gasteiger partial charge on any atom is -0.298 e. The molecule has 1 saturated heterocycles. The third-order valence-corrected chi connectivity index (χ3v) is 3.37. The van der Waals surface area contributed by atoms with Crippen LogP contribution in [0.1, 0.15) is 47.5 Å². The fraction of sp³-hybridized carbons (Fsp3) is 0.923. The first-order chi connectivity index (χ1) is 6.82. The zero-order valence-electron chi connectivity index (χ0n) is 10.8. The van der Waals surface area contributed by atoms with Crippen molar-refractivity contribution in [3.63, 3.8) is 0 Å². The molecule has 0 spiro atoms. The van der Waals surface area contributed by atoms with Crippen LogP contribution < -0.4 is 0 Å². The number of carbonyl (C=O) groups is 1. The van der Waals surface area contributed by atoms with E-state index in [0.717, 1.165) is 6.54 Å². The highest BCUT2D eigenvalue weighted by Crippen LogP contribution is 2.25. The number of rotatable bonds is 3. The van der Waals surface area contributed by atoms with Gasteiger partial charge < -0.3 is 0 Å². The molecule has 1 aliphatic rings. The lowest BCUT2D eigenvalue weighted by molar-refractivity contribution is -0.127. The standard InChI is InChI=1S/C13H25NO/c1-10(2)11-7-6-8-14(11)9-12(15)13(3,4)5/h10-11H,6-9H2,1-5H3. The van der Waals surface area contributed by atoms with Crippen molar-refractivity contribution in [1.29, 1.82) is 0 Å². The average molecular weight is 211 g/mol. The van der Waals surface area contributed by atoms with Crippen LogP contribution in [0.25, 0.3) is 0 Å². The zero-order valence-corrected chi connectivity index (χ0v) is 10.8. The zero-order chi connectivity index (χ0) is 11.6. The van der Waals surface area contributed by atoms with E-state index in [-0.39, 0.29) is 5.41 Å². The topological polar surface area (TPSA) is 20.3 Å². The van der Waals surface area contributed by atoms with E-state index in [9.17, 15) is 4.79 Å². The molecule has 0 radical (unpaired) electrons. The second kappa shape index (κ2) is 4.65. The second-order valence-electron chi connectivity index (χ2n) is 6.10. The Bertz CT molecular complexity index is 227. The molecule has 88 valence electrons. The van der Waals surface area contributed by atoms with Gasteiger partial charge in [-0.25, -0.2) is 0 Å². The predicted octanol–water partition coefficient (Wildman–Crippen LogP) is 2.72. The van der Waals surface area contributed by atoms with Gasteiger partial charge in [-0.05, 0) is 25.3 Å². The molecule has 0 amide bonds. The van der Waals surface area contributed by atoms with Crippen LogP contribution >= 0.6 is 0 Å². The van der Waals surface area contributed by atoms with Crippen molar-refractivity contribution in [2.24, 2.45) is 11.3 Å². The van der Waals surface area contributed by atoms with Crippen LogP contribution in [-0.4, -0.2) is 29.8 Å². The Hall–Kier alpha value is -0.370.